The summed E-state index contributed by atoms with van der Waals surface area (Å²) >= 11 is 12.3. The van der Waals surface area contributed by atoms with Gasteiger partial charge in [0.2, 0.25) is 0 Å². The van der Waals surface area contributed by atoms with Gasteiger partial charge in [-0.05, 0) is 41.3 Å². The highest BCUT2D eigenvalue weighted by Crippen LogP contribution is 2.26. The summed E-state index contributed by atoms with van der Waals surface area (Å²) in [4.78, 5) is 10.9. The molecule has 0 bridgehead atoms. The number of halogens is 2. The molecule has 0 atom stereocenters. The van der Waals surface area contributed by atoms with Gasteiger partial charge in [-0.15, -0.1) is 0 Å². The highest BCUT2D eigenvalue weighted by molar-refractivity contribution is 7.13. The fourth-order valence-corrected chi connectivity index (χ4v) is 2.17. The number of hydrogen-bond donors (Lipinski definition) is 0. The summed E-state index contributed by atoms with van der Waals surface area (Å²) in [5.74, 6) is 0. The maximum absolute atomic E-state index is 10.9. The molecule has 13 heavy (non-hydrogen) atoms. The lowest BCUT2D eigenvalue weighted by atomic mass is 10.2. The van der Waals surface area contributed by atoms with E-state index in [1.807, 2.05) is 6.07 Å². The van der Waals surface area contributed by atoms with Gasteiger partial charge in [0.15, 0.2) is 0 Å². The van der Waals surface area contributed by atoms with Crippen molar-refractivity contribution in [2.75, 3.05) is 0 Å². The molecule has 0 unspecified atom stereocenters. The van der Waals surface area contributed by atoms with Crippen LogP contribution in [0.15, 0.2) is 18.2 Å². The van der Waals surface area contributed by atoms with Crippen LogP contribution in [-0.2, 0) is 0 Å². The Morgan fingerprint density at radius 2 is 2.23 bits per heavy atom. The molecule has 0 N–H and O–H groups in total. The van der Waals surface area contributed by atoms with Gasteiger partial charge in [-0.2, -0.15) is 4.37 Å². The zero-order chi connectivity index (χ0) is 9.42. The lowest BCUT2D eigenvalue weighted by molar-refractivity contribution is 0.107. The number of rotatable bonds is 1. The highest BCUT2D eigenvalue weighted by atomic mass is 35.5. The van der Waals surface area contributed by atoms with Gasteiger partial charge in [0.1, 0.15) is 5.69 Å². The molecule has 0 radical (unpaired) electrons. The largest absolute Gasteiger partial charge is 0.274 e. The van der Waals surface area contributed by atoms with Crippen LogP contribution in [-0.4, -0.2) is 9.62 Å². The molecule has 0 aliphatic rings. The van der Waals surface area contributed by atoms with Gasteiger partial charge in [0.05, 0.1) is 4.70 Å². The van der Waals surface area contributed by atoms with E-state index < -0.39 is 5.24 Å². The zero-order valence-corrected chi connectivity index (χ0v) is 8.58. The molecule has 66 valence electrons. The second-order valence-corrected chi connectivity index (χ2v) is 4.03. The fourth-order valence-electron chi connectivity index (χ4n) is 1.05. The topological polar surface area (TPSA) is 30.0 Å². The van der Waals surface area contributed by atoms with Crippen LogP contribution in [0.1, 0.15) is 10.5 Å². The van der Waals surface area contributed by atoms with Crippen molar-refractivity contribution in [3.05, 3.63) is 28.9 Å². The Kier molecular flexibility index (Phi) is 2.24. The molecular weight excluding hydrogens is 229 g/mol. The average Bonchev–Trinajstić information content (AvgIpc) is 2.46. The molecule has 0 saturated heterocycles. The van der Waals surface area contributed by atoms with Crippen LogP contribution >= 0.6 is 34.7 Å². The highest BCUT2D eigenvalue weighted by Gasteiger charge is 2.11. The summed E-state index contributed by atoms with van der Waals surface area (Å²) in [6.45, 7) is 0. The molecule has 2 rings (SSSR count). The second kappa shape index (κ2) is 3.25. The van der Waals surface area contributed by atoms with Gasteiger partial charge in [-0.3, -0.25) is 4.79 Å². The predicted octanol–water partition coefficient (Wildman–Crippen LogP) is 3.33. The van der Waals surface area contributed by atoms with Gasteiger partial charge in [-0.1, -0.05) is 11.6 Å². The smallest absolute Gasteiger partial charge is 0.272 e. The lowest BCUT2D eigenvalue weighted by Crippen LogP contribution is -1.87. The fraction of sp³-hybridized carbons (Fsp3) is 0. The van der Waals surface area contributed by atoms with E-state index in [-0.39, 0.29) is 5.69 Å². The number of fused-ring (bicyclic) bond motifs is 1. The first-order chi connectivity index (χ1) is 6.18. The molecule has 0 fully saturated rings. The quantitative estimate of drug-likeness (QED) is 0.706. The van der Waals surface area contributed by atoms with Crippen LogP contribution in [0.25, 0.3) is 10.1 Å². The van der Waals surface area contributed by atoms with E-state index in [4.69, 9.17) is 23.2 Å². The van der Waals surface area contributed by atoms with Crippen molar-refractivity contribution in [3.8, 4) is 0 Å². The summed E-state index contributed by atoms with van der Waals surface area (Å²) in [6, 6.07) is 5.26. The van der Waals surface area contributed by atoms with Gasteiger partial charge in [0, 0.05) is 10.4 Å². The normalized spacial score (nSPS) is 10.6. The molecule has 2 nitrogen and oxygen atoms in total. The standard InChI is InChI=1S/C8H3Cl2NOS/c9-4-1-2-6-5(3-4)7(8(10)12)11-13-6/h1-3H. The number of benzene rings is 1. The summed E-state index contributed by atoms with van der Waals surface area (Å²) in [7, 11) is 0. The third-order valence-electron chi connectivity index (χ3n) is 1.62. The molecule has 2 aromatic rings. The van der Waals surface area contributed by atoms with Crippen molar-refractivity contribution in [1.29, 1.82) is 0 Å². The maximum Gasteiger partial charge on any atom is 0.272 e. The van der Waals surface area contributed by atoms with Crippen LogP contribution in [0, 0.1) is 0 Å². The number of hydrogen-bond acceptors (Lipinski definition) is 3. The Hall–Kier alpha value is -0.640. The molecule has 0 spiro atoms. The van der Waals surface area contributed by atoms with Crippen molar-refractivity contribution in [1.82, 2.24) is 4.37 Å². The van der Waals surface area contributed by atoms with E-state index >= 15 is 0 Å². The molecular formula is C8H3Cl2NOS. The average molecular weight is 232 g/mol. The SMILES string of the molecule is O=C(Cl)c1nsc2ccc(Cl)cc12. The minimum Gasteiger partial charge on any atom is -0.274 e. The Morgan fingerprint density at radius 1 is 1.46 bits per heavy atom. The second-order valence-electron chi connectivity index (χ2n) is 2.45. The van der Waals surface area contributed by atoms with Crippen LogP contribution in [0.3, 0.4) is 0 Å². The van der Waals surface area contributed by atoms with Crippen molar-refractivity contribution >= 4 is 50.1 Å². The zero-order valence-electron chi connectivity index (χ0n) is 6.25. The first-order valence-corrected chi connectivity index (χ1v) is 4.96. The summed E-state index contributed by atoms with van der Waals surface area (Å²) < 4.78 is 4.85. The first kappa shape index (κ1) is 8.94. The third-order valence-corrected chi connectivity index (χ3v) is 2.86. The van der Waals surface area contributed by atoms with E-state index in [0.717, 1.165) is 10.1 Å². The molecule has 5 heteroatoms. The number of nitrogens with zero attached hydrogens (tertiary/aromatic N) is 1. The Morgan fingerprint density at radius 3 is 2.92 bits per heavy atom. The Balaban J connectivity index is 2.79. The van der Waals surface area contributed by atoms with Crippen LogP contribution in [0.5, 0.6) is 0 Å². The maximum atomic E-state index is 10.9. The van der Waals surface area contributed by atoms with Crippen LogP contribution in [0.4, 0.5) is 0 Å². The number of carbonyl (C=O) groups excluding carboxylic acids is 1. The van der Waals surface area contributed by atoms with E-state index in [2.05, 4.69) is 4.37 Å². The number of carbonyl (C=O) groups is 1. The van der Waals surface area contributed by atoms with E-state index in [1.54, 1.807) is 12.1 Å². The van der Waals surface area contributed by atoms with E-state index in [9.17, 15) is 4.79 Å². The molecule has 0 aliphatic carbocycles. The van der Waals surface area contributed by atoms with Gasteiger partial charge in [-0.25, -0.2) is 0 Å². The molecule has 0 saturated carbocycles. The summed E-state index contributed by atoms with van der Waals surface area (Å²) in [6.07, 6.45) is 0. The summed E-state index contributed by atoms with van der Waals surface area (Å²) in [5.41, 5.74) is 0.282. The Labute approximate surface area is 88.2 Å². The van der Waals surface area contributed by atoms with Crippen molar-refractivity contribution in [2.45, 2.75) is 0 Å². The summed E-state index contributed by atoms with van der Waals surface area (Å²) in [5, 5.41) is 0.748. The molecule has 1 aromatic carbocycles. The minimum atomic E-state index is -0.548. The molecule has 1 aromatic heterocycles. The first-order valence-electron chi connectivity index (χ1n) is 3.43. The lowest BCUT2D eigenvalue weighted by Gasteiger charge is -1.90. The van der Waals surface area contributed by atoms with Crippen molar-refractivity contribution in [2.24, 2.45) is 0 Å². The van der Waals surface area contributed by atoms with Gasteiger partial charge in [0.25, 0.3) is 5.24 Å². The van der Waals surface area contributed by atoms with Crippen LogP contribution in [0.2, 0.25) is 5.02 Å². The Bertz CT molecular complexity index is 480. The van der Waals surface area contributed by atoms with Gasteiger partial charge < -0.3 is 0 Å². The third kappa shape index (κ3) is 1.55. The van der Waals surface area contributed by atoms with Crippen molar-refractivity contribution in [3.63, 3.8) is 0 Å². The monoisotopic (exact) mass is 231 g/mol. The molecule has 0 aliphatic heterocycles. The predicted molar refractivity (Wildman–Crippen MR) is 54.8 cm³/mol. The minimum absolute atomic E-state index is 0.282. The van der Waals surface area contributed by atoms with Gasteiger partial charge >= 0.3 is 0 Å². The van der Waals surface area contributed by atoms with Crippen molar-refractivity contribution < 1.29 is 4.79 Å². The van der Waals surface area contributed by atoms with Crippen LogP contribution < -0.4 is 0 Å². The molecule has 0 amide bonds. The number of aromatic nitrogens is 1. The van der Waals surface area contributed by atoms with E-state index in [1.165, 1.54) is 11.5 Å². The molecule has 1 heterocycles. The van der Waals surface area contributed by atoms with E-state index in [0.29, 0.717) is 5.02 Å².